The summed E-state index contributed by atoms with van der Waals surface area (Å²) in [5.41, 5.74) is 1.40. The summed E-state index contributed by atoms with van der Waals surface area (Å²) in [6, 6.07) is -0.285. The van der Waals surface area contributed by atoms with Gasteiger partial charge in [-0.1, -0.05) is 13.8 Å². The van der Waals surface area contributed by atoms with Gasteiger partial charge in [0, 0.05) is 20.0 Å². The third-order valence-electron chi connectivity index (χ3n) is 6.06. The van der Waals surface area contributed by atoms with Crippen LogP contribution in [0.3, 0.4) is 0 Å². The van der Waals surface area contributed by atoms with Crippen LogP contribution in [0.1, 0.15) is 44.0 Å². The van der Waals surface area contributed by atoms with E-state index in [1.54, 1.807) is 0 Å². The van der Waals surface area contributed by atoms with E-state index in [1.807, 2.05) is 32.7 Å². The number of amides is 1. The van der Waals surface area contributed by atoms with E-state index in [-0.39, 0.29) is 23.8 Å². The number of hydrogen-bond donors (Lipinski definition) is 1. The molecule has 1 atom stereocenters. The third-order valence-corrected chi connectivity index (χ3v) is 6.06. The largest absolute Gasteiger partial charge is 0.453 e. The number of nitrogens with one attached hydrogen (secondary N) is 1. The molecule has 1 fully saturated rings. The smallest absolute Gasteiger partial charge is 0.346 e. The Balaban J connectivity index is 1.39. The number of nitrogens with zero attached hydrogens (tertiary/aromatic N) is 6. The molecule has 31 heavy (non-hydrogen) atoms. The van der Waals surface area contributed by atoms with Crippen molar-refractivity contribution in [2.75, 3.05) is 17.3 Å². The standard InChI is InChI=1S/C20H26F3N7O/c1-10(2)16-18(31)27-15-11(3)25-14(26-17(15)29(16)4)7-12-5-13(6-12)8-30-9-24-19(28-30)20(21,22)23/h9-10,12-13,16H,5-8H2,1-4H3,(H,27,31)/t12?,13?,16-/m0/s1. The van der Waals surface area contributed by atoms with Gasteiger partial charge in [0.2, 0.25) is 5.91 Å². The van der Waals surface area contributed by atoms with Gasteiger partial charge >= 0.3 is 6.18 Å². The Kier molecular flexibility index (Phi) is 5.38. The summed E-state index contributed by atoms with van der Waals surface area (Å²) in [5, 5.41) is 6.47. The fourth-order valence-corrected chi connectivity index (χ4v) is 4.59. The fraction of sp³-hybridized carbons (Fsp3) is 0.650. The number of halogens is 3. The van der Waals surface area contributed by atoms with E-state index in [4.69, 9.17) is 4.98 Å². The number of rotatable bonds is 5. The van der Waals surface area contributed by atoms with Crippen molar-refractivity contribution in [1.82, 2.24) is 24.7 Å². The molecule has 0 saturated heterocycles. The van der Waals surface area contributed by atoms with Gasteiger partial charge in [-0.25, -0.2) is 15.0 Å². The predicted octanol–water partition coefficient (Wildman–Crippen LogP) is 3.08. The summed E-state index contributed by atoms with van der Waals surface area (Å²) in [6.07, 6.45) is -0.925. The highest BCUT2D eigenvalue weighted by atomic mass is 19.4. The summed E-state index contributed by atoms with van der Waals surface area (Å²) in [7, 11) is 1.88. The summed E-state index contributed by atoms with van der Waals surface area (Å²) in [5.74, 6) is 1.09. The molecule has 2 aromatic heterocycles. The summed E-state index contributed by atoms with van der Waals surface area (Å²) in [6.45, 7) is 6.29. The molecule has 1 aliphatic carbocycles. The second-order valence-electron chi connectivity index (χ2n) is 8.91. The number of likely N-dealkylation sites (N-methyl/N-ethyl adjacent to an activating group) is 1. The average molecular weight is 437 g/mol. The van der Waals surface area contributed by atoms with Crippen LogP contribution >= 0.6 is 0 Å². The Hall–Kier alpha value is -2.72. The first-order valence-electron chi connectivity index (χ1n) is 10.4. The zero-order valence-electron chi connectivity index (χ0n) is 17.9. The van der Waals surface area contributed by atoms with Crippen LogP contribution in [-0.2, 0) is 23.9 Å². The third kappa shape index (κ3) is 4.22. The van der Waals surface area contributed by atoms with Gasteiger partial charge < -0.3 is 10.2 Å². The van der Waals surface area contributed by atoms with Crippen molar-refractivity contribution in [2.24, 2.45) is 17.8 Å². The summed E-state index contributed by atoms with van der Waals surface area (Å²) < 4.78 is 39.2. The van der Waals surface area contributed by atoms with Gasteiger partial charge in [-0.2, -0.15) is 13.2 Å². The van der Waals surface area contributed by atoms with Crippen molar-refractivity contribution in [3.63, 3.8) is 0 Å². The van der Waals surface area contributed by atoms with Gasteiger partial charge in [-0.3, -0.25) is 9.48 Å². The lowest BCUT2D eigenvalue weighted by molar-refractivity contribution is -0.145. The van der Waals surface area contributed by atoms with Crippen LogP contribution in [0.15, 0.2) is 6.33 Å². The maximum atomic E-state index is 12.6. The average Bonchev–Trinajstić information content (AvgIpc) is 3.10. The molecular weight excluding hydrogens is 411 g/mol. The molecule has 2 aromatic rings. The van der Waals surface area contributed by atoms with E-state index in [0.29, 0.717) is 24.6 Å². The maximum Gasteiger partial charge on any atom is 0.453 e. The van der Waals surface area contributed by atoms with Crippen LogP contribution < -0.4 is 10.2 Å². The van der Waals surface area contributed by atoms with E-state index in [2.05, 4.69) is 20.4 Å². The van der Waals surface area contributed by atoms with Crippen LogP contribution in [0.25, 0.3) is 0 Å². The number of carbonyl (C=O) groups excluding carboxylic acids is 1. The zero-order chi connectivity index (χ0) is 22.5. The van der Waals surface area contributed by atoms with Crippen molar-refractivity contribution < 1.29 is 18.0 Å². The number of carbonyl (C=O) groups is 1. The number of hydrogen-bond acceptors (Lipinski definition) is 6. The lowest BCUT2D eigenvalue weighted by Gasteiger charge is -2.38. The number of aryl methyl sites for hydroxylation is 1. The normalized spacial score (nSPS) is 23.5. The monoisotopic (exact) mass is 437 g/mol. The Morgan fingerprint density at radius 2 is 1.94 bits per heavy atom. The fourth-order valence-electron chi connectivity index (χ4n) is 4.59. The van der Waals surface area contributed by atoms with Gasteiger partial charge in [0.15, 0.2) is 5.82 Å². The lowest BCUT2D eigenvalue weighted by Crippen LogP contribution is -2.49. The van der Waals surface area contributed by atoms with E-state index in [0.717, 1.165) is 36.5 Å². The Bertz CT molecular complexity index is 982. The van der Waals surface area contributed by atoms with E-state index < -0.39 is 12.0 Å². The van der Waals surface area contributed by atoms with Gasteiger partial charge in [-0.05, 0) is 37.5 Å². The lowest BCUT2D eigenvalue weighted by atomic mass is 9.73. The highest BCUT2D eigenvalue weighted by molar-refractivity contribution is 6.03. The molecule has 3 heterocycles. The molecule has 1 saturated carbocycles. The van der Waals surface area contributed by atoms with Gasteiger partial charge in [0.1, 0.15) is 23.9 Å². The number of fused-ring (bicyclic) bond motifs is 1. The van der Waals surface area contributed by atoms with E-state index >= 15 is 0 Å². The molecule has 0 bridgehead atoms. The molecule has 4 rings (SSSR count). The second-order valence-corrected chi connectivity index (χ2v) is 8.91. The molecule has 2 aliphatic rings. The van der Waals surface area contributed by atoms with Crippen molar-refractivity contribution in [3.8, 4) is 0 Å². The Morgan fingerprint density at radius 3 is 2.55 bits per heavy atom. The predicted molar refractivity (Wildman–Crippen MR) is 107 cm³/mol. The van der Waals surface area contributed by atoms with Crippen molar-refractivity contribution in [3.05, 3.63) is 23.7 Å². The van der Waals surface area contributed by atoms with Gasteiger partial charge in [-0.15, -0.1) is 5.10 Å². The topological polar surface area (TPSA) is 88.8 Å². The van der Waals surface area contributed by atoms with Crippen LogP contribution in [0, 0.1) is 24.7 Å². The van der Waals surface area contributed by atoms with Crippen molar-refractivity contribution in [1.29, 1.82) is 0 Å². The minimum Gasteiger partial charge on any atom is -0.346 e. The molecule has 0 spiro atoms. The van der Waals surface area contributed by atoms with Crippen molar-refractivity contribution in [2.45, 2.75) is 58.8 Å². The zero-order valence-corrected chi connectivity index (χ0v) is 17.9. The Labute approximate surface area is 178 Å². The molecule has 11 heteroatoms. The van der Waals surface area contributed by atoms with Crippen LogP contribution in [0.2, 0.25) is 0 Å². The second kappa shape index (κ2) is 7.76. The molecule has 0 aromatic carbocycles. The summed E-state index contributed by atoms with van der Waals surface area (Å²) in [4.78, 5) is 27.0. The quantitative estimate of drug-likeness (QED) is 0.774. The van der Waals surface area contributed by atoms with Crippen LogP contribution in [0.4, 0.5) is 24.7 Å². The minimum atomic E-state index is -4.52. The number of anilines is 2. The molecule has 8 nitrogen and oxygen atoms in total. The van der Waals surface area contributed by atoms with E-state index in [1.165, 1.54) is 4.68 Å². The highest BCUT2D eigenvalue weighted by Gasteiger charge is 2.38. The van der Waals surface area contributed by atoms with Gasteiger partial charge in [0.25, 0.3) is 5.82 Å². The SMILES string of the molecule is Cc1nc(CC2CC(Cn3cnc(C(F)(F)F)n3)C2)nc2c1NC(=O)[C@H](C(C)C)N2C. The van der Waals surface area contributed by atoms with Crippen LogP contribution in [-0.4, -0.2) is 43.7 Å². The maximum absolute atomic E-state index is 12.6. The van der Waals surface area contributed by atoms with E-state index in [9.17, 15) is 18.0 Å². The number of alkyl halides is 3. The highest BCUT2D eigenvalue weighted by Crippen LogP contribution is 2.38. The van der Waals surface area contributed by atoms with Crippen LogP contribution in [0.5, 0.6) is 0 Å². The summed E-state index contributed by atoms with van der Waals surface area (Å²) >= 11 is 0. The van der Waals surface area contributed by atoms with Crippen molar-refractivity contribution >= 4 is 17.4 Å². The minimum absolute atomic E-state index is 0.0481. The molecule has 1 aliphatic heterocycles. The van der Waals surface area contributed by atoms with Gasteiger partial charge in [0.05, 0.1) is 5.69 Å². The molecule has 168 valence electrons. The molecule has 0 unspecified atom stereocenters. The molecule has 0 radical (unpaired) electrons. The number of aromatic nitrogens is 5. The Morgan fingerprint density at radius 1 is 1.23 bits per heavy atom. The first-order valence-corrected chi connectivity index (χ1v) is 10.4. The molecular formula is C20H26F3N7O. The molecule has 1 amide bonds. The molecule has 1 N–H and O–H groups in total. The first-order chi connectivity index (χ1) is 14.5. The first kappa shape index (κ1) is 21.5.